The van der Waals surface area contributed by atoms with E-state index in [1.807, 2.05) is 0 Å². The predicted molar refractivity (Wildman–Crippen MR) is 105 cm³/mol. The maximum atomic E-state index is 13.3. The molecule has 3 rings (SSSR count). The highest BCUT2D eigenvalue weighted by atomic mass is 32.2. The summed E-state index contributed by atoms with van der Waals surface area (Å²) in [6.07, 6.45) is 0. The van der Waals surface area contributed by atoms with Crippen molar-refractivity contribution in [3.8, 4) is 0 Å². The second-order valence-corrected chi connectivity index (χ2v) is 7.83. The largest absolute Gasteiger partial charge is 0.306 e. The van der Waals surface area contributed by atoms with Gasteiger partial charge in [-0.2, -0.15) is 0 Å². The maximum Gasteiger partial charge on any atom is 0.262 e. The molecule has 0 aliphatic carbocycles. The molecule has 3 aromatic rings. The molecule has 2 N–H and O–H groups in total. The Labute approximate surface area is 162 Å². The van der Waals surface area contributed by atoms with E-state index >= 15 is 0 Å². The van der Waals surface area contributed by atoms with Crippen molar-refractivity contribution in [2.24, 2.45) is 0 Å². The van der Waals surface area contributed by atoms with Crippen LogP contribution in [-0.2, 0) is 10.0 Å². The van der Waals surface area contributed by atoms with Crippen molar-refractivity contribution in [1.82, 2.24) is 4.98 Å². The predicted octanol–water partition coefficient (Wildman–Crippen LogP) is 3.89. The van der Waals surface area contributed by atoms with Crippen LogP contribution in [0.4, 0.5) is 15.9 Å². The third kappa shape index (κ3) is 4.34. The lowest BCUT2D eigenvalue weighted by Gasteiger charge is -2.14. The van der Waals surface area contributed by atoms with Crippen molar-refractivity contribution >= 4 is 27.4 Å². The number of nitrogens with one attached hydrogen (secondary N) is 2. The molecule has 1 heterocycles. The van der Waals surface area contributed by atoms with Crippen molar-refractivity contribution in [2.75, 3.05) is 10.0 Å². The smallest absolute Gasteiger partial charge is 0.262 e. The van der Waals surface area contributed by atoms with E-state index in [-0.39, 0.29) is 21.7 Å². The Morgan fingerprint density at radius 1 is 1.00 bits per heavy atom. The molecular formula is C20H18FN3O3S. The number of benzene rings is 2. The highest BCUT2D eigenvalue weighted by Gasteiger charge is 2.21. The minimum Gasteiger partial charge on any atom is -0.306 e. The number of nitrogens with zero attached hydrogens (tertiary/aromatic N) is 1. The Hall–Kier alpha value is -3.26. The van der Waals surface area contributed by atoms with Crippen LogP contribution >= 0.6 is 0 Å². The van der Waals surface area contributed by atoms with Gasteiger partial charge in [0.15, 0.2) is 0 Å². The van der Waals surface area contributed by atoms with Crippen molar-refractivity contribution in [3.63, 3.8) is 0 Å². The lowest BCUT2D eigenvalue weighted by atomic mass is 10.1. The Kier molecular flexibility index (Phi) is 5.41. The Balaban J connectivity index is 1.90. The first-order chi connectivity index (χ1) is 13.3. The highest BCUT2D eigenvalue weighted by Crippen LogP contribution is 2.23. The summed E-state index contributed by atoms with van der Waals surface area (Å²) < 4.78 is 41.2. The zero-order valence-corrected chi connectivity index (χ0v) is 16.0. The van der Waals surface area contributed by atoms with Gasteiger partial charge in [-0.05, 0) is 61.9 Å². The summed E-state index contributed by atoms with van der Waals surface area (Å²) >= 11 is 0. The molecule has 0 aliphatic rings. The molecule has 28 heavy (non-hydrogen) atoms. The number of hydrogen-bond acceptors (Lipinski definition) is 4. The molecule has 0 fully saturated rings. The summed E-state index contributed by atoms with van der Waals surface area (Å²) in [7, 11) is -4.01. The van der Waals surface area contributed by atoms with Crippen molar-refractivity contribution in [1.29, 1.82) is 0 Å². The Morgan fingerprint density at radius 2 is 1.75 bits per heavy atom. The Morgan fingerprint density at radius 3 is 2.46 bits per heavy atom. The monoisotopic (exact) mass is 399 g/mol. The van der Waals surface area contributed by atoms with Gasteiger partial charge in [0.05, 0.1) is 16.1 Å². The molecule has 0 saturated heterocycles. The van der Waals surface area contributed by atoms with Gasteiger partial charge in [-0.1, -0.05) is 18.2 Å². The van der Waals surface area contributed by atoms with Crippen molar-refractivity contribution in [2.45, 2.75) is 18.7 Å². The lowest BCUT2D eigenvalue weighted by molar-refractivity contribution is 0.102. The van der Waals surface area contributed by atoms with E-state index < -0.39 is 21.7 Å². The van der Waals surface area contributed by atoms with Gasteiger partial charge in [0.25, 0.3) is 15.9 Å². The second-order valence-electron chi connectivity index (χ2n) is 6.18. The number of anilines is 2. The van der Waals surface area contributed by atoms with Crippen LogP contribution in [0, 0.1) is 19.7 Å². The average molecular weight is 399 g/mol. The molecule has 144 valence electrons. The van der Waals surface area contributed by atoms with Crippen molar-refractivity contribution < 1.29 is 17.6 Å². The van der Waals surface area contributed by atoms with Crippen LogP contribution in [0.15, 0.2) is 65.6 Å². The van der Waals surface area contributed by atoms with Gasteiger partial charge in [0, 0.05) is 5.69 Å². The molecule has 1 aromatic heterocycles. The molecular weight excluding hydrogens is 381 g/mol. The Bertz CT molecular complexity index is 1150. The van der Waals surface area contributed by atoms with E-state index in [1.54, 1.807) is 37.3 Å². The fourth-order valence-corrected chi connectivity index (χ4v) is 3.99. The molecule has 0 saturated carbocycles. The van der Waals surface area contributed by atoms with E-state index in [1.165, 1.54) is 25.1 Å². The molecule has 0 unspecified atom stereocenters. The summed E-state index contributed by atoms with van der Waals surface area (Å²) in [6, 6.07) is 14.8. The molecule has 1 amide bonds. The molecule has 0 radical (unpaired) electrons. The van der Waals surface area contributed by atoms with Crippen LogP contribution in [-0.4, -0.2) is 19.3 Å². The quantitative estimate of drug-likeness (QED) is 0.681. The summed E-state index contributed by atoms with van der Waals surface area (Å²) in [5.74, 6) is -0.675. The molecule has 0 bridgehead atoms. The number of aromatic nitrogens is 1. The normalized spacial score (nSPS) is 11.1. The number of sulfonamides is 1. The van der Waals surface area contributed by atoms with Gasteiger partial charge >= 0.3 is 0 Å². The number of halogens is 1. The zero-order chi connectivity index (χ0) is 20.3. The third-order valence-electron chi connectivity index (χ3n) is 3.97. The van der Waals surface area contributed by atoms with Gasteiger partial charge in [0.2, 0.25) is 0 Å². The minimum atomic E-state index is -4.01. The average Bonchev–Trinajstić information content (AvgIpc) is 2.61. The number of carbonyl (C=O) groups is 1. The van der Waals surface area contributed by atoms with Gasteiger partial charge in [-0.25, -0.2) is 17.8 Å². The molecule has 6 nitrogen and oxygen atoms in total. The zero-order valence-electron chi connectivity index (χ0n) is 15.2. The van der Waals surface area contributed by atoms with E-state index in [0.717, 1.165) is 17.8 Å². The highest BCUT2D eigenvalue weighted by molar-refractivity contribution is 7.92. The summed E-state index contributed by atoms with van der Waals surface area (Å²) in [6.45, 7) is 3.29. The first-order valence-corrected chi connectivity index (χ1v) is 9.87. The standard InChI is InChI=1S/C20H18FN3O3S/c1-13-12-15(21)10-11-18(13)28(26,27)24-17-8-4-3-7-16(17)20(25)23-19-9-5-6-14(2)22-19/h3-12,24H,1-2H3,(H,22,23,25). The number of rotatable bonds is 5. The summed E-state index contributed by atoms with van der Waals surface area (Å²) in [4.78, 5) is 16.8. The van der Waals surface area contributed by atoms with E-state index in [4.69, 9.17) is 0 Å². The van der Waals surface area contributed by atoms with Crippen LogP contribution in [0.3, 0.4) is 0 Å². The van der Waals surface area contributed by atoms with E-state index in [9.17, 15) is 17.6 Å². The van der Waals surface area contributed by atoms with Crippen LogP contribution in [0.1, 0.15) is 21.6 Å². The second kappa shape index (κ2) is 7.77. The third-order valence-corrected chi connectivity index (χ3v) is 5.50. The van der Waals surface area contributed by atoms with Gasteiger partial charge < -0.3 is 5.32 Å². The first kappa shape index (κ1) is 19.5. The number of amides is 1. The van der Waals surface area contributed by atoms with Crippen molar-refractivity contribution in [3.05, 3.63) is 83.3 Å². The summed E-state index contributed by atoms with van der Waals surface area (Å²) in [5, 5.41) is 2.65. The topological polar surface area (TPSA) is 88.2 Å². The van der Waals surface area contributed by atoms with E-state index in [0.29, 0.717) is 5.82 Å². The molecule has 0 spiro atoms. The van der Waals surface area contributed by atoms with Gasteiger partial charge in [-0.15, -0.1) is 0 Å². The molecule has 0 aliphatic heterocycles. The number of para-hydroxylation sites is 1. The number of pyridine rings is 1. The number of hydrogen-bond donors (Lipinski definition) is 2. The number of aryl methyl sites for hydroxylation is 2. The van der Waals surface area contributed by atoms with E-state index in [2.05, 4.69) is 15.0 Å². The fraction of sp³-hybridized carbons (Fsp3) is 0.100. The van der Waals surface area contributed by atoms with Gasteiger partial charge in [-0.3, -0.25) is 9.52 Å². The fourth-order valence-electron chi connectivity index (χ4n) is 2.68. The SMILES string of the molecule is Cc1cccc(NC(=O)c2ccccc2NS(=O)(=O)c2ccc(F)cc2C)n1. The van der Waals surface area contributed by atoms with Crippen LogP contribution in [0.25, 0.3) is 0 Å². The number of carbonyl (C=O) groups excluding carboxylic acids is 1. The molecule has 2 aromatic carbocycles. The summed E-state index contributed by atoms with van der Waals surface area (Å²) in [5.41, 5.74) is 1.24. The van der Waals surface area contributed by atoms with Crippen LogP contribution < -0.4 is 10.0 Å². The van der Waals surface area contributed by atoms with Crippen LogP contribution in [0.5, 0.6) is 0 Å². The maximum absolute atomic E-state index is 13.3. The molecule has 8 heteroatoms. The lowest BCUT2D eigenvalue weighted by Crippen LogP contribution is -2.19. The first-order valence-electron chi connectivity index (χ1n) is 8.39. The van der Waals surface area contributed by atoms with Crippen LogP contribution in [0.2, 0.25) is 0 Å². The minimum absolute atomic E-state index is 0.0653. The van der Waals surface area contributed by atoms with Gasteiger partial charge in [0.1, 0.15) is 11.6 Å². The molecule has 0 atom stereocenters.